The molecule has 0 bridgehead atoms. The van der Waals surface area contributed by atoms with E-state index in [4.69, 9.17) is 5.73 Å². The van der Waals surface area contributed by atoms with Gasteiger partial charge >= 0.3 is 0 Å². The van der Waals surface area contributed by atoms with Gasteiger partial charge in [-0.1, -0.05) is 12.1 Å². The summed E-state index contributed by atoms with van der Waals surface area (Å²) in [5, 5.41) is 9.21. The third kappa shape index (κ3) is 2.65. The minimum atomic E-state index is 0.367. The summed E-state index contributed by atoms with van der Waals surface area (Å²) in [5.41, 5.74) is 7.81. The van der Waals surface area contributed by atoms with E-state index in [9.17, 15) is 5.26 Å². The minimum Gasteiger partial charge on any atom is -0.368 e. The van der Waals surface area contributed by atoms with Crippen LogP contribution in [0.25, 0.3) is 0 Å². The summed E-state index contributed by atoms with van der Waals surface area (Å²) < 4.78 is 0. The third-order valence-electron chi connectivity index (χ3n) is 3.86. The second-order valence-electron chi connectivity index (χ2n) is 4.98. The van der Waals surface area contributed by atoms with E-state index >= 15 is 0 Å². The molecule has 0 atom stereocenters. The topological polar surface area (TPSA) is 53.0 Å². The number of rotatable bonds is 3. The van der Waals surface area contributed by atoms with Gasteiger partial charge in [-0.2, -0.15) is 5.26 Å². The molecule has 1 aromatic carbocycles. The lowest BCUT2D eigenvalue weighted by Crippen LogP contribution is -2.41. The van der Waals surface area contributed by atoms with Gasteiger partial charge in [-0.25, -0.2) is 0 Å². The van der Waals surface area contributed by atoms with Crippen molar-refractivity contribution in [1.29, 1.82) is 5.26 Å². The lowest BCUT2D eigenvalue weighted by atomic mass is 9.90. The summed E-state index contributed by atoms with van der Waals surface area (Å²) in [4.78, 5) is 2.37. The fraction of sp³-hybridized carbons (Fsp3) is 0.533. The Morgan fingerprint density at radius 2 is 1.94 bits per heavy atom. The van der Waals surface area contributed by atoms with Crippen LogP contribution in [0.2, 0.25) is 0 Å². The first-order chi connectivity index (χ1) is 8.76. The summed E-state index contributed by atoms with van der Waals surface area (Å²) in [5.74, 6) is 0. The Labute approximate surface area is 109 Å². The molecule has 0 heterocycles. The van der Waals surface area contributed by atoms with Gasteiger partial charge in [0.15, 0.2) is 0 Å². The number of para-hydroxylation sites is 1. The molecular formula is C15H21N3. The fourth-order valence-corrected chi connectivity index (χ4v) is 2.86. The highest BCUT2D eigenvalue weighted by molar-refractivity contribution is 5.59. The first-order valence-electron chi connectivity index (χ1n) is 6.77. The van der Waals surface area contributed by atoms with Gasteiger partial charge in [0.2, 0.25) is 0 Å². The Morgan fingerprint density at radius 3 is 2.56 bits per heavy atom. The number of nitrogens with two attached hydrogens (primary N) is 1. The molecule has 96 valence electrons. The zero-order valence-corrected chi connectivity index (χ0v) is 11.0. The Balaban J connectivity index is 2.20. The minimum absolute atomic E-state index is 0.367. The van der Waals surface area contributed by atoms with Crippen molar-refractivity contribution in [2.24, 2.45) is 5.73 Å². The number of hydrogen-bond acceptors (Lipinski definition) is 3. The van der Waals surface area contributed by atoms with Gasteiger partial charge in [-0.3, -0.25) is 0 Å². The molecule has 3 heteroatoms. The first kappa shape index (κ1) is 12.9. The lowest BCUT2D eigenvalue weighted by Gasteiger charge is -2.37. The van der Waals surface area contributed by atoms with Crippen LogP contribution in [0, 0.1) is 11.3 Å². The van der Waals surface area contributed by atoms with Crippen LogP contribution >= 0.6 is 0 Å². The molecule has 0 amide bonds. The van der Waals surface area contributed by atoms with Crippen LogP contribution in [-0.2, 0) is 0 Å². The largest absolute Gasteiger partial charge is 0.368 e. The molecule has 0 saturated heterocycles. The van der Waals surface area contributed by atoms with Crippen molar-refractivity contribution in [2.75, 3.05) is 11.4 Å². The Morgan fingerprint density at radius 1 is 1.28 bits per heavy atom. The van der Waals surface area contributed by atoms with Gasteiger partial charge in [-0.15, -0.1) is 0 Å². The summed E-state index contributed by atoms with van der Waals surface area (Å²) in [6, 6.07) is 11.1. The van der Waals surface area contributed by atoms with Crippen molar-refractivity contribution in [1.82, 2.24) is 0 Å². The quantitative estimate of drug-likeness (QED) is 0.888. The van der Waals surface area contributed by atoms with E-state index in [2.05, 4.69) is 24.0 Å². The summed E-state index contributed by atoms with van der Waals surface area (Å²) >= 11 is 0. The highest BCUT2D eigenvalue weighted by atomic mass is 15.2. The van der Waals surface area contributed by atoms with Crippen LogP contribution in [-0.4, -0.2) is 18.6 Å². The van der Waals surface area contributed by atoms with Crippen molar-refractivity contribution < 1.29 is 0 Å². The smallest absolute Gasteiger partial charge is 0.101 e. The van der Waals surface area contributed by atoms with Crippen LogP contribution in [0.15, 0.2) is 24.3 Å². The van der Waals surface area contributed by atoms with Gasteiger partial charge in [0.1, 0.15) is 6.07 Å². The Bertz CT molecular complexity index is 428. The molecule has 1 aliphatic rings. The maximum absolute atomic E-state index is 9.21. The Hall–Kier alpha value is -1.53. The van der Waals surface area contributed by atoms with E-state index in [1.165, 1.54) is 0 Å². The fourth-order valence-electron chi connectivity index (χ4n) is 2.86. The molecule has 1 aliphatic carbocycles. The predicted octanol–water partition coefficient (Wildman–Crippen LogP) is 2.65. The highest BCUT2D eigenvalue weighted by Gasteiger charge is 2.24. The average Bonchev–Trinajstić information content (AvgIpc) is 2.42. The van der Waals surface area contributed by atoms with Gasteiger partial charge in [0.05, 0.1) is 11.3 Å². The molecular weight excluding hydrogens is 222 g/mol. The SMILES string of the molecule is CCN(c1ccccc1C#N)C1CCC(N)CC1. The van der Waals surface area contributed by atoms with Gasteiger partial charge in [-0.05, 0) is 44.7 Å². The van der Waals surface area contributed by atoms with Crippen molar-refractivity contribution in [2.45, 2.75) is 44.7 Å². The molecule has 0 aromatic heterocycles. The second-order valence-corrected chi connectivity index (χ2v) is 4.98. The first-order valence-corrected chi connectivity index (χ1v) is 6.77. The van der Waals surface area contributed by atoms with Crippen LogP contribution in [0.5, 0.6) is 0 Å². The molecule has 1 aromatic rings. The van der Waals surface area contributed by atoms with Crippen LogP contribution in [0.3, 0.4) is 0 Å². The van der Waals surface area contributed by atoms with E-state index < -0.39 is 0 Å². The maximum atomic E-state index is 9.21. The molecule has 0 unspecified atom stereocenters. The van der Waals surface area contributed by atoms with E-state index in [0.29, 0.717) is 12.1 Å². The van der Waals surface area contributed by atoms with Crippen LogP contribution in [0.1, 0.15) is 38.2 Å². The van der Waals surface area contributed by atoms with Gasteiger partial charge < -0.3 is 10.6 Å². The van der Waals surface area contributed by atoms with Crippen molar-refractivity contribution in [3.63, 3.8) is 0 Å². The number of nitrogens with zero attached hydrogens (tertiary/aromatic N) is 2. The molecule has 1 fully saturated rings. The number of anilines is 1. The van der Waals surface area contributed by atoms with E-state index in [1.807, 2.05) is 18.2 Å². The molecule has 0 radical (unpaired) electrons. The highest BCUT2D eigenvalue weighted by Crippen LogP contribution is 2.28. The van der Waals surface area contributed by atoms with Crippen molar-refractivity contribution in [3.8, 4) is 6.07 Å². The van der Waals surface area contributed by atoms with Crippen molar-refractivity contribution in [3.05, 3.63) is 29.8 Å². The van der Waals surface area contributed by atoms with E-state index in [-0.39, 0.29) is 0 Å². The van der Waals surface area contributed by atoms with E-state index in [1.54, 1.807) is 0 Å². The molecule has 3 nitrogen and oxygen atoms in total. The number of hydrogen-bond donors (Lipinski definition) is 1. The van der Waals surface area contributed by atoms with Gasteiger partial charge in [0, 0.05) is 18.6 Å². The van der Waals surface area contributed by atoms with Gasteiger partial charge in [0.25, 0.3) is 0 Å². The summed E-state index contributed by atoms with van der Waals surface area (Å²) in [7, 11) is 0. The normalized spacial score (nSPS) is 23.4. The molecule has 0 spiro atoms. The third-order valence-corrected chi connectivity index (χ3v) is 3.86. The lowest BCUT2D eigenvalue weighted by molar-refractivity contribution is 0.378. The summed E-state index contributed by atoms with van der Waals surface area (Å²) in [6.07, 6.45) is 4.45. The average molecular weight is 243 g/mol. The zero-order chi connectivity index (χ0) is 13.0. The monoisotopic (exact) mass is 243 g/mol. The summed E-state index contributed by atoms with van der Waals surface area (Å²) in [6.45, 7) is 3.10. The standard InChI is InChI=1S/C15H21N3/c1-2-18(14-9-7-13(17)8-10-14)15-6-4-3-5-12(15)11-16/h3-6,13-14H,2,7-10,17H2,1H3. The van der Waals surface area contributed by atoms with E-state index in [0.717, 1.165) is 43.5 Å². The molecule has 1 saturated carbocycles. The molecule has 2 rings (SSSR count). The van der Waals surface area contributed by atoms with Crippen LogP contribution in [0.4, 0.5) is 5.69 Å². The maximum Gasteiger partial charge on any atom is 0.101 e. The molecule has 18 heavy (non-hydrogen) atoms. The predicted molar refractivity (Wildman–Crippen MR) is 74.4 cm³/mol. The van der Waals surface area contributed by atoms with Crippen LogP contribution < -0.4 is 10.6 Å². The number of nitriles is 1. The van der Waals surface area contributed by atoms with Crippen molar-refractivity contribution >= 4 is 5.69 Å². The number of benzene rings is 1. The Kier molecular flexibility index (Phi) is 4.22. The zero-order valence-electron chi connectivity index (χ0n) is 11.0. The molecule has 2 N–H and O–H groups in total. The second kappa shape index (κ2) is 5.88. The molecule has 0 aliphatic heterocycles.